The molecule has 0 aliphatic rings. The van der Waals surface area contributed by atoms with Crippen molar-refractivity contribution in [1.82, 2.24) is 15.0 Å². The molecule has 0 fully saturated rings. The summed E-state index contributed by atoms with van der Waals surface area (Å²) in [5.41, 5.74) is 8.02. The number of amides is 1. The van der Waals surface area contributed by atoms with Crippen LogP contribution in [0.5, 0.6) is 0 Å². The maximum Gasteiger partial charge on any atom is 0.269 e. The largest absolute Gasteiger partial charge is 0.435 e. The van der Waals surface area contributed by atoms with E-state index in [0.717, 1.165) is 0 Å². The molecule has 0 saturated carbocycles. The maximum atomic E-state index is 12.0. The van der Waals surface area contributed by atoms with Gasteiger partial charge in [-0.05, 0) is 36.4 Å². The maximum absolute atomic E-state index is 12.0. The van der Waals surface area contributed by atoms with Crippen molar-refractivity contribution in [3.63, 3.8) is 0 Å². The fourth-order valence-electron chi connectivity index (χ4n) is 3.32. The SMILES string of the molecule is NC(=O)c1nc(-c2nc3ccccc3o2)cc2c1[nH]c1ccc(S(N)(=O)=O)cc12. The van der Waals surface area contributed by atoms with E-state index in [2.05, 4.69) is 15.0 Å². The highest BCUT2D eigenvalue weighted by molar-refractivity contribution is 7.89. The lowest BCUT2D eigenvalue weighted by Gasteiger charge is -2.02. The number of primary sulfonamides is 1. The number of hydrogen-bond donors (Lipinski definition) is 3. The number of carbonyl (C=O) groups excluding carboxylic acids is 1. The Morgan fingerprint density at radius 3 is 2.55 bits per heavy atom. The molecule has 1 amide bonds. The highest BCUT2D eigenvalue weighted by atomic mass is 32.2. The molecule has 29 heavy (non-hydrogen) atoms. The molecule has 10 heteroatoms. The van der Waals surface area contributed by atoms with E-state index in [1.165, 1.54) is 12.1 Å². The molecule has 0 spiro atoms. The second-order valence-electron chi connectivity index (χ2n) is 6.51. The first-order valence-corrected chi connectivity index (χ1v) is 10.0. The van der Waals surface area contributed by atoms with E-state index in [1.807, 2.05) is 12.1 Å². The molecule has 0 aliphatic carbocycles. The molecule has 0 saturated heterocycles. The smallest absolute Gasteiger partial charge is 0.269 e. The molecule has 3 aromatic heterocycles. The Kier molecular flexibility index (Phi) is 3.51. The summed E-state index contributed by atoms with van der Waals surface area (Å²) in [4.78, 5) is 23.8. The number of hydrogen-bond acceptors (Lipinski definition) is 6. The van der Waals surface area contributed by atoms with Gasteiger partial charge in [-0.25, -0.2) is 23.5 Å². The zero-order valence-electron chi connectivity index (χ0n) is 14.7. The van der Waals surface area contributed by atoms with Crippen LogP contribution in [0.15, 0.2) is 57.8 Å². The van der Waals surface area contributed by atoms with Gasteiger partial charge in [0.15, 0.2) is 11.3 Å². The van der Waals surface area contributed by atoms with Gasteiger partial charge in [0.2, 0.25) is 15.9 Å². The molecular formula is C19H13N5O4S. The average molecular weight is 407 g/mol. The second kappa shape index (κ2) is 5.87. The highest BCUT2D eigenvalue weighted by Crippen LogP contribution is 2.32. The van der Waals surface area contributed by atoms with Crippen molar-refractivity contribution < 1.29 is 17.6 Å². The molecule has 144 valence electrons. The van der Waals surface area contributed by atoms with Crippen molar-refractivity contribution in [2.45, 2.75) is 4.90 Å². The Balaban J connectivity index is 1.85. The summed E-state index contributed by atoms with van der Waals surface area (Å²) in [6, 6.07) is 13.3. The number of oxazole rings is 1. The van der Waals surface area contributed by atoms with Gasteiger partial charge in [0.25, 0.3) is 5.91 Å². The molecule has 0 atom stereocenters. The third kappa shape index (κ3) is 2.73. The van der Waals surface area contributed by atoms with Gasteiger partial charge in [0.05, 0.1) is 10.4 Å². The van der Waals surface area contributed by atoms with E-state index < -0.39 is 15.9 Å². The van der Waals surface area contributed by atoms with Gasteiger partial charge in [-0.3, -0.25) is 4.79 Å². The molecule has 5 rings (SSSR count). The molecule has 2 aromatic carbocycles. The van der Waals surface area contributed by atoms with Crippen molar-refractivity contribution in [2.75, 3.05) is 0 Å². The van der Waals surface area contributed by atoms with Crippen LogP contribution in [0.2, 0.25) is 0 Å². The Hall–Kier alpha value is -3.76. The monoisotopic (exact) mass is 407 g/mol. The predicted octanol–water partition coefficient (Wildman–Crippen LogP) is 2.27. The number of primary amides is 1. The number of sulfonamides is 1. The first-order valence-electron chi connectivity index (χ1n) is 8.46. The minimum atomic E-state index is -3.90. The quantitative estimate of drug-likeness (QED) is 0.416. The van der Waals surface area contributed by atoms with Crippen molar-refractivity contribution in [3.8, 4) is 11.6 Å². The van der Waals surface area contributed by atoms with Gasteiger partial charge in [-0.1, -0.05) is 12.1 Å². The average Bonchev–Trinajstić information content (AvgIpc) is 3.27. The van der Waals surface area contributed by atoms with Crippen LogP contribution in [0.25, 0.3) is 44.5 Å². The number of rotatable bonds is 3. The number of aromatic nitrogens is 3. The predicted molar refractivity (Wildman–Crippen MR) is 106 cm³/mol. The lowest BCUT2D eigenvalue weighted by Crippen LogP contribution is -2.14. The van der Waals surface area contributed by atoms with Crippen LogP contribution in [0, 0.1) is 0 Å². The van der Waals surface area contributed by atoms with E-state index in [0.29, 0.717) is 38.6 Å². The number of carbonyl (C=O) groups is 1. The number of nitrogens with zero attached hydrogens (tertiary/aromatic N) is 2. The molecule has 0 unspecified atom stereocenters. The summed E-state index contributed by atoms with van der Waals surface area (Å²) in [7, 11) is -3.90. The minimum Gasteiger partial charge on any atom is -0.435 e. The van der Waals surface area contributed by atoms with Gasteiger partial charge in [-0.15, -0.1) is 0 Å². The summed E-state index contributed by atoms with van der Waals surface area (Å²) < 4.78 is 29.3. The lowest BCUT2D eigenvalue weighted by atomic mass is 10.1. The summed E-state index contributed by atoms with van der Waals surface area (Å²) in [5, 5.41) is 6.35. The van der Waals surface area contributed by atoms with Gasteiger partial charge >= 0.3 is 0 Å². The standard InChI is InChI=1S/C19H13N5O4S/c20-18(25)17-16-11(10-7-9(29(21,26)27)5-6-12(10)22-16)8-14(23-17)19-24-13-3-1-2-4-15(13)28-19/h1-8,22H,(H2,20,25)(H2,21,26,27). The molecule has 5 N–H and O–H groups in total. The van der Waals surface area contributed by atoms with Crippen LogP contribution in [-0.2, 0) is 10.0 Å². The number of fused-ring (bicyclic) bond motifs is 4. The van der Waals surface area contributed by atoms with E-state index in [9.17, 15) is 13.2 Å². The van der Waals surface area contributed by atoms with Gasteiger partial charge in [-0.2, -0.15) is 0 Å². The molecule has 0 bridgehead atoms. The molecular weight excluding hydrogens is 394 g/mol. The van der Waals surface area contributed by atoms with Crippen LogP contribution in [-0.4, -0.2) is 29.3 Å². The third-order valence-corrected chi connectivity index (χ3v) is 5.55. The fraction of sp³-hybridized carbons (Fsp3) is 0. The molecule has 0 radical (unpaired) electrons. The van der Waals surface area contributed by atoms with Crippen LogP contribution in [0.3, 0.4) is 0 Å². The Morgan fingerprint density at radius 2 is 1.83 bits per heavy atom. The zero-order chi connectivity index (χ0) is 20.3. The first-order chi connectivity index (χ1) is 13.8. The fourth-order valence-corrected chi connectivity index (χ4v) is 3.86. The Labute approximate surface area is 163 Å². The van der Waals surface area contributed by atoms with E-state index in [4.69, 9.17) is 15.3 Å². The zero-order valence-corrected chi connectivity index (χ0v) is 15.5. The normalized spacial score (nSPS) is 12.2. The number of para-hydroxylation sites is 2. The van der Waals surface area contributed by atoms with Crippen molar-refractivity contribution in [1.29, 1.82) is 0 Å². The van der Waals surface area contributed by atoms with Crippen LogP contribution in [0.4, 0.5) is 0 Å². The molecule has 9 nitrogen and oxygen atoms in total. The van der Waals surface area contributed by atoms with E-state index in [-0.39, 0.29) is 16.5 Å². The number of pyridine rings is 1. The van der Waals surface area contributed by atoms with Crippen molar-refractivity contribution in [3.05, 3.63) is 54.2 Å². The summed E-state index contributed by atoms with van der Waals surface area (Å²) in [5.74, 6) is -0.529. The topological polar surface area (TPSA) is 158 Å². The summed E-state index contributed by atoms with van der Waals surface area (Å²) >= 11 is 0. The minimum absolute atomic E-state index is 0.00638. The van der Waals surface area contributed by atoms with Gasteiger partial charge in [0, 0.05) is 16.3 Å². The van der Waals surface area contributed by atoms with Crippen LogP contribution >= 0.6 is 0 Å². The van der Waals surface area contributed by atoms with Crippen LogP contribution < -0.4 is 10.9 Å². The third-order valence-electron chi connectivity index (χ3n) is 4.64. The van der Waals surface area contributed by atoms with Gasteiger partial charge < -0.3 is 15.1 Å². The number of nitrogens with two attached hydrogens (primary N) is 2. The number of aromatic amines is 1. The van der Waals surface area contributed by atoms with Crippen molar-refractivity contribution in [2.24, 2.45) is 10.9 Å². The highest BCUT2D eigenvalue weighted by Gasteiger charge is 2.20. The number of H-pyrrole nitrogens is 1. The Morgan fingerprint density at radius 1 is 1.03 bits per heavy atom. The molecule has 5 aromatic rings. The van der Waals surface area contributed by atoms with Crippen LogP contribution in [0.1, 0.15) is 10.5 Å². The number of nitrogens with one attached hydrogen (secondary N) is 1. The van der Waals surface area contributed by atoms with E-state index >= 15 is 0 Å². The molecule has 3 heterocycles. The Bertz CT molecular complexity index is 1530. The first kappa shape index (κ1) is 17.3. The summed E-state index contributed by atoms with van der Waals surface area (Å²) in [6.07, 6.45) is 0. The lowest BCUT2D eigenvalue weighted by molar-refractivity contribution is 0.0997. The second-order valence-corrected chi connectivity index (χ2v) is 8.07. The van der Waals surface area contributed by atoms with Crippen molar-refractivity contribution >= 4 is 48.8 Å². The van der Waals surface area contributed by atoms with E-state index in [1.54, 1.807) is 24.3 Å². The summed E-state index contributed by atoms with van der Waals surface area (Å²) in [6.45, 7) is 0. The molecule has 0 aliphatic heterocycles. The number of benzene rings is 2. The van der Waals surface area contributed by atoms with Gasteiger partial charge in [0.1, 0.15) is 11.2 Å².